The van der Waals surface area contributed by atoms with E-state index in [-0.39, 0.29) is 30.3 Å². The van der Waals surface area contributed by atoms with E-state index in [0.29, 0.717) is 16.8 Å². The minimum Gasteiger partial charge on any atom is -0.326 e. The van der Waals surface area contributed by atoms with Gasteiger partial charge in [-0.05, 0) is 44.0 Å². The van der Waals surface area contributed by atoms with Crippen molar-refractivity contribution >= 4 is 44.7 Å². The first-order valence-corrected chi connectivity index (χ1v) is 9.71. The van der Waals surface area contributed by atoms with Crippen LogP contribution in [0.3, 0.4) is 0 Å². The first-order chi connectivity index (χ1) is 13.3. The van der Waals surface area contributed by atoms with Gasteiger partial charge in [-0.25, -0.2) is 4.98 Å². The van der Waals surface area contributed by atoms with Crippen LogP contribution in [0.2, 0.25) is 0 Å². The monoisotopic (exact) mass is 398 g/mol. The average Bonchev–Trinajstić information content (AvgIpc) is 2.92. The number of nitrogens with one attached hydrogen (secondary N) is 2. The molecule has 0 fully saturated rings. The molecule has 2 aromatic heterocycles. The zero-order valence-electron chi connectivity index (χ0n) is 16.3. The van der Waals surface area contributed by atoms with E-state index in [4.69, 9.17) is 0 Å². The first-order valence-electron chi connectivity index (χ1n) is 8.89. The van der Waals surface area contributed by atoms with Crippen molar-refractivity contribution in [1.29, 1.82) is 0 Å². The van der Waals surface area contributed by atoms with E-state index < -0.39 is 0 Å². The third-order valence-corrected chi connectivity index (χ3v) is 5.68. The summed E-state index contributed by atoms with van der Waals surface area (Å²) in [6, 6.07) is 5.31. The lowest BCUT2D eigenvalue weighted by Crippen LogP contribution is -2.23. The van der Waals surface area contributed by atoms with Crippen molar-refractivity contribution in [2.45, 2.75) is 40.7 Å². The second kappa shape index (κ2) is 7.93. The van der Waals surface area contributed by atoms with Gasteiger partial charge in [0.05, 0.1) is 11.7 Å². The lowest BCUT2D eigenvalue weighted by molar-refractivity contribution is -0.116. The largest absolute Gasteiger partial charge is 0.326 e. The molecule has 2 amide bonds. The van der Waals surface area contributed by atoms with Gasteiger partial charge in [0.15, 0.2) is 0 Å². The van der Waals surface area contributed by atoms with E-state index >= 15 is 0 Å². The number of anilines is 2. The SMILES string of the molecule is CC(=O)Nc1ccc(C)c(NC(=O)CCn2cnc3sc(C)c(C)c3c2=O)c1. The van der Waals surface area contributed by atoms with E-state index in [0.717, 1.165) is 20.8 Å². The van der Waals surface area contributed by atoms with Crippen molar-refractivity contribution in [2.24, 2.45) is 0 Å². The predicted molar refractivity (Wildman–Crippen MR) is 112 cm³/mol. The molecule has 8 heteroatoms. The summed E-state index contributed by atoms with van der Waals surface area (Å²) >= 11 is 1.50. The van der Waals surface area contributed by atoms with Crippen LogP contribution in [0, 0.1) is 20.8 Å². The van der Waals surface area contributed by atoms with Gasteiger partial charge in [-0.15, -0.1) is 11.3 Å². The third-order valence-electron chi connectivity index (χ3n) is 4.57. The van der Waals surface area contributed by atoms with E-state index in [9.17, 15) is 14.4 Å². The van der Waals surface area contributed by atoms with Crippen LogP contribution in [-0.4, -0.2) is 21.4 Å². The molecule has 146 valence electrons. The summed E-state index contributed by atoms with van der Waals surface area (Å²) in [5.74, 6) is -0.393. The summed E-state index contributed by atoms with van der Waals surface area (Å²) in [6.45, 7) is 7.43. The molecule has 3 rings (SSSR count). The van der Waals surface area contributed by atoms with Gasteiger partial charge in [-0.1, -0.05) is 6.07 Å². The summed E-state index contributed by atoms with van der Waals surface area (Å²) in [5, 5.41) is 6.16. The van der Waals surface area contributed by atoms with E-state index in [1.54, 1.807) is 12.1 Å². The van der Waals surface area contributed by atoms with Crippen LogP contribution in [0.4, 0.5) is 11.4 Å². The highest BCUT2D eigenvalue weighted by molar-refractivity contribution is 7.18. The van der Waals surface area contributed by atoms with Crippen LogP contribution in [0.5, 0.6) is 0 Å². The minimum atomic E-state index is -0.215. The number of carbonyl (C=O) groups is 2. The van der Waals surface area contributed by atoms with Crippen molar-refractivity contribution in [3.63, 3.8) is 0 Å². The van der Waals surface area contributed by atoms with Crippen LogP contribution in [0.1, 0.15) is 29.3 Å². The number of rotatable bonds is 5. The predicted octanol–water partition coefficient (Wildman–Crippen LogP) is 3.37. The highest BCUT2D eigenvalue weighted by Crippen LogP contribution is 2.25. The first kappa shape index (κ1) is 19.8. The summed E-state index contributed by atoms with van der Waals surface area (Å²) in [5.41, 5.74) is 2.95. The Morgan fingerprint density at radius 3 is 2.64 bits per heavy atom. The molecule has 0 bridgehead atoms. The average molecular weight is 398 g/mol. The minimum absolute atomic E-state index is 0.122. The van der Waals surface area contributed by atoms with Crippen molar-refractivity contribution < 1.29 is 9.59 Å². The molecule has 1 aromatic carbocycles. The fraction of sp³-hybridized carbons (Fsp3) is 0.300. The summed E-state index contributed by atoms with van der Waals surface area (Å²) < 4.78 is 1.47. The number of hydrogen-bond acceptors (Lipinski definition) is 5. The second-order valence-corrected chi connectivity index (χ2v) is 7.92. The van der Waals surface area contributed by atoms with Gasteiger partial charge in [-0.3, -0.25) is 19.0 Å². The molecule has 0 saturated heterocycles. The highest BCUT2D eigenvalue weighted by Gasteiger charge is 2.13. The summed E-state index contributed by atoms with van der Waals surface area (Å²) in [4.78, 5) is 42.4. The lowest BCUT2D eigenvalue weighted by atomic mass is 10.1. The Morgan fingerprint density at radius 1 is 1.18 bits per heavy atom. The molecule has 2 heterocycles. The molecule has 0 aliphatic rings. The number of carbonyl (C=O) groups excluding carboxylic acids is 2. The number of fused-ring (bicyclic) bond motifs is 1. The van der Waals surface area contributed by atoms with Gasteiger partial charge in [0.1, 0.15) is 4.83 Å². The van der Waals surface area contributed by atoms with Gasteiger partial charge < -0.3 is 10.6 Å². The van der Waals surface area contributed by atoms with Crippen LogP contribution in [0.25, 0.3) is 10.2 Å². The fourth-order valence-electron chi connectivity index (χ4n) is 2.90. The van der Waals surface area contributed by atoms with Gasteiger partial charge in [0.2, 0.25) is 11.8 Å². The molecule has 3 aromatic rings. The Labute approximate surface area is 166 Å². The molecule has 0 aliphatic heterocycles. The smallest absolute Gasteiger partial charge is 0.262 e. The van der Waals surface area contributed by atoms with Crippen LogP contribution >= 0.6 is 11.3 Å². The van der Waals surface area contributed by atoms with Gasteiger partial charge in [0, 0.05) is 36.1 Å². The molecule has 0 atom stereocenters. The van der Waals surface area contributed by atoms with Crippen LogP contribution in [-0.2, 0) is 16.1 Å². The molecule has 0 radical (unpaired) electrons. The molecule has 0 aliphatic carbocycles. The normalized spacial score (nSPS) is 10.9. The van der Waals surface area contributed by atoms with Crippen LogP contribution in [0.15, 0.2) is 29.3 Å². The maximum atomic E-state index is 12.7. The Morgan fingerprint density at radius 2 is 1.93 bits per heavy atom. The standard InChI is InChI=1S/C20H22N4O3S/c1-11-5-6-15(22-14(4)25)9-16(11)23-17(26)7-8-24-10-21-19-18(20(24)27)12(2)13(3)28-19/h5-6,9-10H,7-8H2,1-4H3,(H,22,25)(H,23,26). The maximum absolute atomic E-state index is 12.7. The Bertz CT molecular complexity index is 1130. The number of nitrogens with zero attached hydrogens (tertiary/aromatic N) is 2. The lowest BCUT2D eigenvalue weighted by Gasteiger charge is -2.11. The van der Waals surface area contributed by atoms with Crippen molar-refractivity contribution in [1.82, 2.24) is 9.55 Å². The molecule has 2 N–H and O–H groups in total. The number of thiophene rings is 1. The van der Waals surface area contributed by atoms with Gasteiger partial charge in [-0.2, -0.15) is 0 Å². The number of hydrogen-bond donors (Lipinski definition) is 2. The van der Waals surface area contributed by atoms with E-state index in [1.807, 2.05) is 26.8 Å². The van der Waals surface area contributed by atoms with Gasteiger partial charge >= 0.3 is 0 Å². The highest BCUT2D eigenvalue weighted by atomic mass is 32.1. The number of aryl methyl sites for hydroxylation is 4. The number of amides is 2. The van der Waals surface area contributed by atoms with Crippen molar-refractivity contribution in [3.05, 3.63) is 50.9 Å². The molecule has 28 heavy (non-hydrogen) atoms. The Balaban J connectivity index is 1.72. The van der Waals surface area contributed by atoms with Crippen molar-refractivity contribution in [3.8, 4) is 0 Å². The molecule has 0 saturated carbocycles. The summed E-state index contributed by atoms with van der Waals surface area (Å²) in [7, 11) is 0. The molecular formula is C20H22N4O3S. The maximum Gasteiger partial charge on any atom is 0.262 e. The van der Waals surface area contributed by atoms with Gasteiger partial charge in [0.25, 0.3) is 5.56 Å². The Kier molecular flexibility index (Phi) is 5.60. The molecule has 0 unspecified atom stereocenters. The summed E-state index contributed by atoms with van der Waals surface area (Å²) in [6.07, 6.45) is 1.63. The Hall–Kier alpha value is -3.00. The molecular weight excluding hydrogens is 376 g/mol. The second-order valence-electron chi connectivity index (χ2n) is 6.72. The number of benzene rings is 1. The topological polar surface area (TPSA) is 93.1 Å². The molecule has 0 spiro atoms. The zero-order chi connectivity index (χ0) is 20.4. The zero-order valence-corrected chi connectivity index (χ0v) is 17.1. The number of aromatic nitrogens is 2. The van der Waals surface area contributed by atoms with E-state index in [1.165, 1.54) is 29.2 Å². The van der Waals surface area contributed by atoms with Crippen molar-refractivity contribution in [2.75, 3.05) is 10.6 Å². The molecule has 7 nitrogen and oxygen atoms in total. The third kappa shape index (κ3) is 4.12. The quantitative estimate of drug-likeness (QED) is 0.689. The van der Waals surface area contributed by atoms with Crippen LogP contribution < -0.4 is 16.2 Å². The fourth-order valence-corrected chi connectivity index (χ4v) is 3.89. The van der Waals surface area contributed by atoms with E-state index in [2.05, 4.69) is 15.6 Å².